The molecule has 8 heteroatoms. The van der Waals surface area contributed by atoms with Gasteiger partial charge in [-0.25, -0.2) is 0 Å². The van der Waals surface area contributed by atoms with Gasteiger partial charge in [-0.05, 0) is 30.3 Å². The number of rotatable bonds is 4. The third-order valence-corrected chi connectivity index (χ3v) is 5.40. The summed E-state index contributed by atoms with van der Waals surface area (Å²) in [5.74, 6) is 0.632. The molecule has 0 aliphatic rings. The molecule has 130 valence electrons. The number of thiophene rings is 1. The van der Waals surface area contributed by atoms with Crippen molar-refractivity contribution in [3.63, 3.8) is 0 Å². The summed E-state index contributed by atoms with van der Waals surface area (Å²) in [4.78, 5) is 12.9. The number of amides is 1. The number of nitrogens with zero attached hydrogens (tertiary/aromatic N) is 2. The molecular formula is C18H12ClN3O3S. The molecule has 4 aromatic rings. The fourth-order valence-electron chi connectivity index (χ4n) is 2.44. The molecule has 2 heterocycles. The first kappa shape index (κ1) is 16.6. The van der Waals surface area contributed by atoms with Gasteiger partial charge in [0, 0.05) is 15.6 Å². The highest BCUT2D eigenvalue weighted by Gasteiger charge is 2.19. The Morgan fingerprint density at radius 2 is 1.92 bits per heavy atom. The zero-order valence-electron chi connectivity index (χ0n) is 13.5. The van der Waals surface area contributed by atoms with Crippen molar-refractivity contribution in [1.82, 2.24) is 10.2 Å². The van der Waals surface area contributed by atoms with Crippen LogP contribution in [0.4, 0.5) is 6.01 Å². The van der Waals surface area contributed by atoms with Crippen molar-refractivity contribution in [3.05, 3.63) is 58.4 Å². The van der Waals surface area contributed by atoms with E-state index in [9.17, 15) is 4.79 Å². The summed E-state index contributed by atoms with van der Waals surface area (Å²) in [7, 11) is 1.59. The fraction of sp³-hybridized carbons (Fsp3) is 0.0556. The smallest absolute Gasteiger partial charge is 0.322 e. The standard InChI is InChI=1S/C18H12ClN3O3S/c1-24-11-8-6-10(7-9-11)17-21-22-18(25-17)20-16(23)15-14(19)12-4-2-3-5-13(12)26-15/h2-9H,1H3,(H,20,22,23). The van der Waals surface area contributed by atoms with E-state index in [4.69, 9.17) is 20.8 Å². The van der Waals surface area contributed by atoms with Gasteiger partial charge in [0.05, 0.1) is 12.1 Å². The van der Waals surface area contributed by atoms with Gasteiger partial charge < -0.3 is 9.15 Å². The zero-order chi connectivity index (χ0) is 18.1. The summed E-state index contributed by atoms with van der Waals surface area (Å²) in [6, 6.07) is 14.7. The number of carbonyl (C=O) groups excluding carboxylic acids is 1. The lowest BCUT2D eigenvalue weighted by Gasteiger charge is -2.00. The fourth-order valence-corrected chi connectivity index (χ4v) is 3.85. The van der Waals surface area contributed by atoms with Crippen molar-refractivity contribution in [3.8, 4) is 17.2 Å². The third-order valence-electron chi connectivity index (χ3n) is 3.72. The summed E-state index contributed by atoms with van der Waals surface area (Å²) < 4.78 is 11.6. The average Bonchev–Trinajstić information content (AvgIpc) is 3.27. The van der Waals surface area contributed by atoms with Gasteiger partial charge in [-0.1, -0.05) is 34.9 Å². The van der Waals surface area contributed by atoms with Crippen molar-refractivity contribution < 1.29 is 13.9 Å². The van der Waals surface area contributed by atoms with E-state index in [1.54, 1.807) is 31.4 Å². The molecule has 0 saturated heterocycles. The Balaban J connectivity index is 1.56. The lowest BCUT2D eigenvalue weighted by Crippen LogP contribution is -2.10. The molecule has 4 rings (SSSR count). The Bertz CT molecular complexity index is 1090. The highest BCUT2D eigenvalue weighted by Crippen LogP contribution is 2.35. The first-order valence-electron chi connectivity index (χ1n) is 7.62. The molecule has 1 amide bonds. The van der Waals surface area contributed by atoms with E-state index in [1.165, 1.54) is 11.3 Å². The van der Waals surface area contributed by atoms with E-state index in [1.807, 2.05) is 24.3 Å². The summed E-state index contributed by atoms with van der Waals surface area (Å²) in [5, 5.41) is 11.7. The number of benzene rings is 2. The van der Waals surface area contributed by atoms with Gasteiger partial charge in [0.2, 0.25) is 5.89 Å². The number of aromatic nitrogens is 2. The lowest BCUT2D eigenvalue weighted by molar-refractivity contribution is 0.102. The predicted octanol–water partition coefficient (Wildman–Crippen LogP) is 4.87. The minimum Gasteiger partial charge on any atom is -0.497 e. The van der Waals surface area contributed by atoms with E-state index < -0.39 is 0 Å². The van der Waals surface area contributed by atoms with E-state index in [-0.39, 0.29) is 11.9 Å². The van der Waals surface area contributed by atoms with Gasteiger partial charge in [0.1, 0.15) is 10.6 Å². The predicted molar refractivity (Wildman–Crippen MR) is 101 cm³/mol. The Kier molecular flexibility index (Phi) is 4.32. The summed E-state index contributed by atoms with van der Waals surface area (Å²) in [6.07, 6.45) is 0. The number of hydrogen-bond donors (Lipinski definition) is 1. The van der Waals surface area contributed by atoms with Crippen LogP contribution in [-0.4, -0.2) is 23.2 Å². The van der Waals surface area contributed by atoms with Crippen LogP contribution in [0.2, 0.25) is 5.02 Å². The van der Waals surface area contributed by atoms with Gasteiger partial charge >= 0.3 is 6.01 Å². The Labute approximate surface area is 157 Å². The minimum atomic E-state index is -0.388. The van der Waals surface area contributed by atoms with Crippen molar-refractivity contribution in [1.29, 1.82) is 0 Å². The maximum atomic E-state index is 12.5. The molecule has 2 aromatic carbocycles. The molecule has 0 fully saturated rings. The first-order valence-corrected chi connectivity index (χ1v) is 8.81. The van der Waals surface area contributed by atoms with Crippen LogP contribution in [0.25, 0.3) is 21.5 Å². The quantitative estimate of drug-likeness (QED) is 0.542. The van der Waals surface area contributed by atoms with Crippen LogP contribution in [0.5, 0.6) is 5.75 Å². The highest BCUT2D eigenvalue weighted by atomic mass is 35.5. The molecule has 0 saturated carbocycles. The Morgan fingerprint density at radius 1 is 1.15 bits per heavy atom. The maximum Gasteiger partial charge on any atom is 0.322 e. The van der Waals surface area contributed by atoms with Gasteiger partial charge in [-0.3, -0.25) is 10.1 Å². The molecule has 0 bridgehead atoms. The molecule has 0 aliphatic carbocycles. The second-order valence-corrected chi connectivity index (χ2v) is 6.77. The number of methoxy groups -OCH3 is 1. The second-order valence-electron chi connectivity index (χ2n) is 5.34. The van der Waals surface area contributed by atoms with Crippen LogP contribution in [0, 0.1) is 0 Å². The van der Waals surface area contributed by atoms with Crippen molar-refractivity contribution >= 4 is 44.9 Å². The van der Waals surface area contributed by atoms with Crippen LogP contribution < -0.4 is 10.1 Å². The molecular weight excluding hydrogens is 374 g/mol. The maximum absolute atomic E-state index is 12.5. The SMILES string of the molecule is COc1ccc(-c2nnc(NC(=O)c3sc4ccccc4c3Cl)o2)cc1. The van der Waals surface area contributed by atoms with Crippen LogP contribution in [0.1, 0.15) is 9.67 Å². The number of nitrogens with one attached hydrogen (secondary N) is 1. The summed E-state index contributed by atoms with van der Waals surface area (Å²) >= 11 is 7.63. The molecule has 0 aliphatic heterocycles. The molecule has 1 N–H and O–H groups in total. The molecule has 0 spiro atoms. The van der Waals surface area contributed by atoms with E-state index in [0.29, 0.717) is 15.8 Å². The van der Waals surface area contributed by atoms with E-state index in [2.05, 4.69) is 15.5 Å². The number of hydrogen-bond acceptors (Lipinski definition) is 6. The highest BCUT2D eigenvalue weighted by molar-refractivity contribution is 7.21. The third kappa shape index (κ3) is 3.02. The van der Waals surface area contributed by atoms with Gasteiger partial charge in [-0.2, -0.15) is 0 Å². The topological polar surface area (TPSA) is 77.3 Å². The molecule has 0 atom stereocenters. The van der Waals surface area contributed by atoms with Crippen LogP contribution >= 0.6 is 22.9 Å². The normalized spacial score (nSPS) is 10.8. The Morgan fingerprint density at radius 3 is 2.65 bits per heavy atom. The minimum absolute atomic E-state index is 0.00865. The van der Waals surface area contributed by atoms with Crippen molar-refractivity contribution in [2.75, 3.05) is 12.4 Å². The summed E-state index contributed by atoms with van der Waals surface area (Å²) in [5.41, 5.74) is 0.721. The largest absolute Gasteiger partial charge is 0.497 e. The van der Waals surface area contributed by atoms with Crippen molar-refractivity contribution in [2.45, 2.75) is 0 Å². The lowest BCUT2D eigenvalue weighted by atomic mass is 10.2. The van der Waals surface area contributed by atoms with Gasteiger partial charge in [0.25, 0.3) is 5.91 Å². The summed E-state index contributed by atoms with van der Waals surface area (Å²) in [6.45, 7) is 0. The van der Waals surface area contributed by atoms with Crippen LogP contribution in [0.15, 0.2) is 52.9 Å². The van der Waals surface area contributed by atoms with Crippen LogP contribution in [-0.2, 0) is 0 Å². The number of carbonyl (C=O) groups is 1. The molecule has 0 radical (unpaired) electrons. The number of fused-ring (bicyclic) bond motifs is 1. The van der Waals surface area contributed by atoms with E-state index in [0.717, 1.165) is 21.4 Å². The van der Waals surface area contributed by atoms with E-state index >= 15 is 0 Å². The van der Waals surface area contributed by atoms with Gasteiger partial charge in [0.15, 0.2) is 0 Å². The number of ether oxygens (including phenoxy) is 1. The monoisotopic (exact) mass is 385 g/mol. The molecule has 6 nitrogen and oxygen atoms in total. The zero-order valence-corrected chi connectivity index (χ0v) is 15.1. The Hall–Kier alpha value is -2.90. The number of anilines is 1. The molecule has 2 aromatic heterocycles. The van der Waals surface area contributed by atoms with Crippen LogP contribution in [0.3, 0.4) is 0 Å². The molecule has 26 heavy (non-hydrogen) atoms. The number of halogens is 1. The second kappa shape index (κ2) is 6.78. The average molecular weight is 386 g/mol. The van der Waals surface area contributed by atoms with Gasteiger partial charge in [-0.15, -0.1) is 16.4 Å². The molecule has 0 unspecified atom stereocenters. The van der Waals surface area contributed by atoms with Crippen molar-refractivity contribution in [2.24, 2.45) is 0 Å². The first-order chi connectivity index (χ1) is 12.7.